The summed E-state index contributed by atoms with van der Waals surface area (Å²) in [5.74, 6) is -0.474. The SMILES string of the molecule is Cn1c(N)c(NCC(=O)Cn2cnc3c2c(=O)n(C)c(=O)n3C)c(=O)n(C)c1=O. The second kappa shape index (κ2) is 6.92. The third kappa shape index (κ3) is 3.05. The Hall–Kier alpha value is -3.90. The highest BCUT2D eigenvalue weighted by molar-refractivity contribution is 5.85. The summed E-state index contributed by atoms with van der Waals surface area (Å²) >= 11 is 0. The van der Waals surface area contributed by atoms with Crippen LogP contribution in [0.4, 0.5) is 11.5 Å². The van der Waals surface area contributed by atoms with Gasteiger partial charge in [-0.3, -0.25) is 32.7 Å². The first-order valence-corrected chi connectivity index (χ1v) is 8.48. The molecule has 0 radical (unpaired) electrons. The van der Waals surface area contributed by atoms with Crippen molar-refractivity contribution in [3.05, 3.63) is 48.0 Å². The first kappa shape index (κ1) is 19.9. The quantitative estimate of drug-likeness (QED) is 0.458. The predicted octanol–water partition coefficient (Wildman–Crippen LogP) is -2.91. The van der Waals surface area contributed by atoms with Gasteiger partial charge in [-0.15, -0.1) is 0 Å². The van der Waals surface area contributed by atoms with Crippen molar-refractivity contribution in [3.8, 4) is 0 Å². The molecule has 3 aromatic heterocycles. The van der Waals surface area contributed by atoms with Crippen LogP contribution < -0.4 is 33.5 Å². The van der Waals surface area contributed by atoms with Crippen molar-refractivity contribution in [1.82, 2.24) is 27.8 Å². The summed E-state index contributed by atoms with van der Waals surface area (Å²) in [6, 6.07) is 0. The molecule has 0 aliphatic rings. The molecule has 0 saturated heterocycles. The Bertz CT molecular complexity index is 1380. The van der Waals surface area contributed by atoms with Crippen LogP contribution in [0, 0.1) is 0 Å². The molecule has 0 amide bonds. The number of imidazole rings is 1. The Morgan fingerprint density at radius 1 is 0.966 bits per heavy atom. The van der Waals surface area contributed by atoms with Crippen LogP contribution in [0.3, 0.4) is 0 Å². The van der Waals surface area contributed by atoms with E-state index in [0.717, 1.165) is 13.7 Å². The lowest BCUT2D eigenvalue weighted by Gasteiger charge is -2.13. The van der Waals surface area contributed by atoms with Gasteiger partial charge in [0.15, 0.2) is 16.9 Å². The number of carbonyl (C=O) groups is 1. The van der Waals surface area contributed by atoms with Crippen LogP contribution in [-0.2, 0) is 39.5 Å². The van der Waals surface area contributed by atoms with Gasteiger partial charge in [-0.1, -0.05) is 0 Å². The zero-order valence-electron chi connectivity index (χ0n) is 16.3. The van der Waals surface area contributed by atoms with Gasteiger partial charge in [0.2, 0.25) is 0 Å². The molecule has 3 rings (SSSR count). The lowest BCUT2D eigenvalue weighted by atomic mass is 10.3. The molecule has 3 N–H and O–H groups in total. The van der Waals surface area contributed by atoms with E-state index in [2.05, 4.69) is 10.3 Å². The zero-order valence-corrected chi connectivity index (χ0v) is 16.3. The van der Waals surface area contributed by atoms with Gasteiger partial charge in [-0.2, -0.15) is 0 Å². The minimum atomic E-state index is -0.657. The van der Waals surface area contributed by atoms with E-state index >= 15 is 0 Å². The number of carbonyl (C=O) groups excluding carboxylic acids is 1. The van der Waals surface area contributed by atoms with E-state index in [0.29, 0.717) is 0 Å². The van der Waals surface area contributed by atoms with Gasteiger partial charge in [-0.25, -0.2) is 14.6 Å². The number of hydrogen-bond donors (Lipinski definition) is 2. The first-order valence-electron chi connectivity index (χ1n) is 8.48. The van der Waals surface area contributed by atoms with Crippen molar-refractivity contribution in [3.63, 3.8) is 0 Å². The first-order chi connectivity index (χ1) is 13.6. The molecule has 29 heavy (non-hydrogen) atoms. The average Bonchev–Trinajstić information content (AvgIpc) is 3.11. The van der Waals surface area contributed by atoms with Crippen LogP contribution in [-0.4, -0.2) is 40.1 Å². The summed E-state index contributed by atoms with van der Waals surface area (Å²) in [5.41, 5.74) is 3.66. The van der Waals surface area contributed by atoms with E-state index in [1.54, 1.807) is 0 Å². The number of Topliss-reactive ketones (excluding diaryl/α,β-unsaturated/α-hetero) is 1. The van der Waals surface area contributed by atoms with Crippen LogP contribution in [0.1, 0.15) is 0 Å². The van der Waals surface area contributed by atoms with Gasteiger partial charge in [0.05, 0.1) is 19.4 Å². The number of fused-ring (bicyclic) bond motifs is 1. The molecule has 0 aliphatic carbocycles. The standard InChI is InChI=1S/C16H20N8O5/c1-20-11(17)9(13(26)22(3)15(20)28)18-5-8(25)6-24-7-19-12-10(24)14(27)23(4)16(29)21(12)2/h7,18H,5-6,17H2,1-4H3. The van der Waals surface area contributed by atoms with Gasteiger partial charge in [0.25, 0.3) is 11.1 Å². The number of hydrogen-bond acceptors (Lipinski definition) is 8. The highest BCUT2D eigenvalue weighted by atomic mass is 16.2. The monoisotopic (exact) mass is 404 g/mol. The molecule has 0 aromatic carbocycles. The van der Waals surface area contributed by atoms with Crippen LogP contribution >= 0.6 is 0 Å². The smallest absolute Gasteiger partial charge is 0.332 e. The van der Waals surface area contributed by atoms with E-state index < -0.39 is 22.5 Å². The number of rotatable bonds is 5. The molecule has 13 heteroatoms. The number of anilines is 2. The molecule has 0 fully saturated rings. The fourth-order valence-electron chi connectivity index (χ4n) is 2.98. The fraction of sp³-hybridized carbons (Fsp3) is 0.375. The van der Waals surface area contributed by atoms with Gasteiger partial charge >= 0.3 is 11.4 Å². The minimum absolute atomic E-state index is 0.0725. The lowest BCUT2D eigenvalue weighted by Crippen LogP contribution is -2.40. The average molecular weight is 404 g/mol. The second-order valence-electron chi connectivity index (χ2n) is 6.61. The molecule has 0 spiro atoms. The molecule has 154 valence electrons. The molecule has 3 heterocycles. The molecular formula is C16H20N8O5. The third-order valence-electron chi connectivity index (χ3n) is 4.74. The van der Waals surface area contributed by atoms with Crippen molar-refractivity contribution in [2.45, 2.75) is 6.54 Å². The lowest BCUT2D eigenvalue weighted by molar-refractivity contribution is -0.117. The number of ketones is 1. The molecule has 0 saturated carbocycles. The van der Waals surface area contributed by atoms with Gasteiger partial charge < -0.3 is 15.6 Å². The van der Waals surface area contributed by atoms with E-state index in [1.807, 2.05) is 0 Å². The largest absolute Gasteiger partial charge is 0.383 e. The van der Waals surface area contributed by atoms with Gasteiger partial charge in [0, 0.05) is 28.2 Å². The fourth-order valence-corrected chi connectivity index (χ4v) is 2.98. The molecule has 13 nitrogen and oxygen atoms in total. The number of aromatic nitrogens is 6. The molecule has 0 atom stereocenters. The summed E-state index contributed by atoms with van der Waals surface area (Å²) in [6.07, 6.45) is 1.29. The Labute approximate surface area is 162 Å². The van der Waals surface area contributed by atoms with Gasteiger partial charge in [-0.05, 0) is 0 Å². The van der Waals surface area contributed by atoms with Crippen molar-refractivity contribution in [1.29, 1.82) is 0 Å². The zero-order chi connectivity index (χ0) is 21.6. The summed E-state index contributed by atoms with van der Waals surface area (Å²) < 4.78 is 5.44. The number of nitrogen functional groups attached to an aromatic ring is 1. The highest BCUT2D eigenvalue weighted by Gasteiger charge is 2.17. The number of aryl methyl sites for hydroxylation is 1. The molecule has 3 aromatic rings. The Morgan fingerprint density at radius 3 is 2.21 bits per heavy atom. The van der Waals surface area contributed by atoms with Crippen LogP contribution in [0.25, 0.3) is 11.2 Å². The third-order valence-corrected chi connectivity index (χ3v) is 4.74. The number of nitrogens with zero attached hydrogens (tertiary/aromatic N) is 6. The Balaban J connectivity index is 1.89. The van der Waals surface area contributed by atoms with E-state index in [9.17, 15) is 24.0 Å². The van der Waals surface area contributed by atoms with Crippen LogP contribution in [0.15, 0.2) is 25.5 Å². The molecule has 0 bridgehead atoms. The highest BCUT2D eigenvalue weighted by Crippen LogP contribution is 2.09. The van der Waals surface area contributed by atoms with E-state index in [-0.39, 0.29) is 41.5 Å². The van der Waals surface area contributed by atoms with Crippen molar-refractivity contribution in [2.75, 3.05) is 17.6 Å². The molecule has 0 unspecified atom stereocenters. The summed E-state index contributed by atoms with van der Waals surface area (Å²) in [4.78, 5) is 64.9. The summed E-state index contributed by atoms with van der Waals surface area (Å²) in [6.45, 7) is -0.494. The maximum atomic E-state index is 12.4. The van der Waals surface area contributed by atoms with Crippen molar-refractivity contribution < 1.29 is 4.79 Å². The molecular weight excluding hydrogens is 384 g/mol. The summed E-state index contributed by atoms with van der Waals surface area (Å²) in [7, 11) is 5.52. The number of nitrogens with two attached hydrogens (primary N) is 1. The summed E-state index contributed by atoms with van der Waals surface area (Å²) in [5, 5.41) is 2.66. The van der Waals surface area contributed by atoms with E-state index in [4.69, 9.17) is 5.73 Å². The normalized spacial score (nSPS) is 11.2. The predicted molar refractivity (Wildman–Crippen MR) is 105 cm³/mol. The van der Waals surface area contributed by atoms with Crippen molar-refractivity contribution >= 4 is 28.5 Å². The van der Waals surface area contributed by atoms with Crippen molar-refractivity contribution in [2.24, 2.45) is 28.2 Å². The Morgan fingerprint density at radius 2 is 1.55 bits per heavy atom. The Kier molecular flexibility index (Phi) is 4.74. The minimum Gasteiger partial charge on any atom is -0.383 e. The molecule has 0 aliphatic heterocycles. The maximum absolute atomic E-state index is 12.4. The van der Waals surface area contributed by atoms with Crippen LogP contribution in [0.2, 0.25) is 0 Å². The van der Waals surface area contributed by atoms with Gasteiger partial charge in [0.1, 0.15) is 11.5 Å². The second-order valence-corrected chi connectivity index (χ2v) is 6.61. The maximum Gasteiger partial charge on any atom is 0.332 e. The van der Waals surface area contributed by atoms with E-state index in [1.165, 1.54) is 43.7 Å². The number of nitrogens with one attached hydrogen (secondary N) is 1. The topological polar surface area (TPSA) is 161 Å². The van der Waals surface area contributed by atoms with Crippen LogP contribution in [0.5, 0.6) is 0 Å².